The highest BCUT2D eigenvalue weighted by molar-refractivity contribution is 7.89. The molecule has 12 nitrogen and oxygen atoms in total. The van der Waals surface area contributed by atoms with E-state index in [0.29, 0.717) is 46.8 Å². The van der Waals surface area contributed by atoms with Gasteiger partial charge in [-0.05, 0) is 47.5 Å². The summed E-state index contributed by atoms with van der Waals surface area (Å²) in [4.78, 5) is 28.0. The van der Waals surface area contributed by atoms with E-state index in [2.05, 4.69) is 0 Å². The molecular weight excluding hydrogens is 641 g/mol. The fourth-order valence-electron chi connectivity index (χ4n) is 5.52. The molecule has 0 N–H and O–H groups in total. The van der Waals surface area contributed by atoms with Crippen molar-refractivity contribution in [2.24, 2.45) is 0 Å². The van der Waals surface area contributed by atoms with Gasteiger partial charge in [0.15, 0.2) is 0 Å². The molecule has 1 saturated heterocycles. The minimum Gasteiger partial charge on any atom is -0.301 e. The number of piperazine rings is 1. The molecular formula is C31H25F3N6O6S. The van der Waals surface area contributed by atoms with Crippen molar-refractivity contribution >= 4 is 27.0 Å². The van der Waals surface area contributed by atoms with E-state index in [4.69, 9.17) is 4.98 Å². The Morgan fingerprint density at radius 3 is 2.09 bits per heavy atom. The van der Waals surface area contributed by atoms with Crippen LogP contribution in [0, 0.1) is 20.2 Å². The van der Waals surface area contributed by atoms with Gasteiger partial charge in [-0.3, -0.25) is 25.1 Å². The van der Waals surface area contributed by atoms with Crippen LogP contribution in [0.3, 0.4) is 0 Å². The molecule has 5 aromatic rings. The Kier molecular flexibility index (Phi) is 8.25. The van der Waals surface area contributed by atoms with Crippen LogP contribution in [0.1, 0.15) is 11.3 Å². The molecule has 1 aliphatic rings. The normalized spacial score (nSPS) is 14.8. The van der Waals surface area contributed by atoms with E-state index in [1.54, 1.807) is 34.9 Å². The van der Waals surface area contributed by atoms with Gasteiger partial charge in [0.05, 0.1) is 31.7 Å². The van der Waals surface area contributed by atoms with E-state index in [1.807, 2.05) is 4.90 Å². The van der Waals surface area contributed by atoms with Gasteiger partial charge in [-0.2, -0.15) is 17.5 Å². The third kappa shape index (κ3) is 6.43. The summed E-state index contributed by atoms with van der Waals surface area (Å²) >= 11 is 0. The van der Waals surface area contributed by atoms with E-state index in [1.165, 1.54) is 40.7 Å². The van der Waals surface area contributed by atoms with Gasteiger partial charge in [0.2, 0.25) is 10.0 Å². The number of fused-ring (bicyclic) bond motifs is 1. The van der Waals surface area contributed by atoms with Crippen LogP contribution in [-0.2, 0) is 22.7 Å². The first-order chi connectivity index (χ1) is 22.3. The molecule has 1 fully saturated rings. The van der Waals surface area contributed by atoms with Gasteiger partial charge >= 0.3 is 6.18 Å². The van der Waals surface area contributed by atoms with Crippen LogP contribution in [0.2, 0.25) is 0 Å². The first kappa shape index (κ1) is 31.8. The van der Waals surface area contributed by atoms with Crippen molar-refractivity contribution in [1.82, 2.24) is 18.6 Å². The van der Waals surface area contributed by atoms with Crippen LogP contribution in [0.15, 0.2) is 96.0 Å². The monoisotopic (exact) mass is 666 g/mol. The molecule has 2 aromatic heterocycles. The molecule has 6 rings (SSSR count). The summed E-state index contributed by atoms with van der Waals surface area (Å²) in [5, 5.41) is 22.5. The number of sulfonamides is 1. The average molecular weight is 667 g/mol. The topological polar surface area (TPSA) is 144 Å². The molecule has 0 amide bonds. The zero-order chi connectivity index (χ0) is 33.5. The molecule has 242 valence electrons. The molecule has 1 aliphatic heterocycles. The van der Waals surface area contributed by atoms with Gasteiger partial charge in [0.25, 0.3) is 11.4 Å². The van der Waals surface area contributed by atoms with E-state index >= 15 is 0 Å². The SMILES string of the molecule is O=[N+]([O-])c1ccc(S(=O)(=O)N2CCN(Cc3c(-c4cccc([N+](=O)[O-])c4)nc4ccc(-c5cccc(C(F)(F)F)c5)cn34)CC2)cc1. The predicted molar refractivity (Wildman–Crippen MR) is 165 cm³/mol. The van der Waals surface area contributed by atoms with Gasteiger partial charge in [-0.25, -0.2) is 13.4 Å². The Hall–Kier alpha value is -5.19. The molecule has 0 radical (unpaired) electrons. The molecule has 47 heavy (non-hydrogen) atoms. The average Bonchev–Trinajstić information content (AvgIpc) is 3.42. The number of non-ortho nitro benzene ring substituents is 2. The van der Waals surface area contributed by atoms with Crippen LogP contribution in [-0.4, -0.2) is 63.0 Å². The Labute approximate surface area is 265 Å². The Morgan fingerprint density at radius 1 is 0.766 bits per heavy atom. The molecule has 3 aromatic carbocycles. The first-order valence-electron chi connectivity index (χ1n) is 14.2. The second kappa shape index (κ2) is 12.2. The number of rotatable bonds is 8. The number of alkyl halides is 3. The highest BCUT2D eigenvalue weighted by Gasteiger charge is 2.31. The van der Waals surface area contributed by atoms with Crippen molar-refractivity contribution in [1.29, 1.82) is 0 Å². The smallest absolute Gasteiger partial charge is 0.301 e. The second-order valence-corrected chi connectivity index (χ2v) is 12.8. The van der Waals surface area contributed by atoms with Crippen molar-refractivity contribution in [3.05, 3.63) is 123 Å². The van der Waals surface area contributed by atoms with Gasteiger partial charge in [0, 0.05) is 68.7 Å². The van der Waals surface area contributed by atoms with Gasteiger partial charge in [0.1, 0.15) is 5.65 Å². The van der Waals surface area contributed by atoms with Crippen molar-refractivity contribution in [2.75, 3.05) is 26.2 Å². The standard InChI is InChI=1S/C31H25F3N6O6S/c32-31(33,34)24-5-1-3-21(17-24)23-7-12-29-35-30(22-4-2-6-26(18-22)40(43)44)28(38(29)19-23)20-36-13-15-37(16-14-36)47(45,46)27-10-8-25(9-11-27)39(41)42/h1-12,17-19H,13-16,20H2. The third-order valence-electron chi connectivity index (χ3n) is 7.96. The zero-order valence-electron chi connectivity index (χ0n) is 24.4. The summed E-state index contributed by atoms with van der Waals surface area (Å²) in [7, 11) is -3.92. The second-order valence-electron chi connectivity index (χ2n) is 10.9. The van der Waals surface area contributed by atoms with Gasteiger partial charge in [-0.1, -0.05) is 24.3 Å². The zero-order valence-corrected chi connectivity index (χ0v) is 25.2. The number of nitro benzene ring substituents is 2. The van der Waals surface area contributed by atoms with E-state index < -0.39 is 31.6 Å². The maximum Gasteiger partial charge on any atom is 0.416 e. The lowest BCUT2D eigenvalue weighted by Crippen LogP contribution is -2.48. The van der Waals surface area contributed by atoms with Crippen molar-refractivity contribution in [3.63, 3.8) is 0 Å². The fraction of sp³-hybridized carbons (Fsp3) is 0.194. The summed E-state index contributed by atoms with van der Waals surface area (Å²) in [5.74, 6) is 0. The lowest BCUT2D eigenvalue weighted by molar-refractivity contribution is -0.385. The molecule has 3 heterocycles. The summed E-state index contributed by atoms with van der Waals surface area (Å²) in [5.41, 5.74) is 1.67. The van der Waals surface area contributed by atoms with E-state index in [9.17, 15) is 41.8 Å². The summed E-state index contributed by atoms with van der Waals surface area (Å²) < 4.78 is 69.9. The number of benzene rings is 3. The Morgan fingerprint density at radius 2 is 1.43 bits per heavy atom. The van der Waals surface area contributed by atoms with Crippen LogP contribution in [0.5, 0.6) is 0 Å². The van der Waals surface area contributed by atoms with Crippen LogP contribution >= 0.6 is 0 Å². The molecule has 0 unspecified atom stereocenters. The number of nitrogens with zero attached hydrogens (tertiary/aromatic N) is 6. The van der Waals surface area contributed by atoms with Crippen molar-refractivity contribution in [2.45, 2.75) is 17.6 Å². The number of pyridine rings is 1. The summed E-state index contributed by atoms with van der Waals surface area (Å²) in [6, 6.07) is 18.9. The molecule has 16 heteroatoms. The van der Waals surface area contributed by atoms with Crippen LogP contribution in [0.4, 0.5) is 24.5 Å². The fourth-order valence-corrected chi connectivity index (χ4v) is 6.94. The lowest BCUT2D eigenvalue weighted by atomic mass is 10.0. The number of hydrogen-bond donors (Lipinski definition) is 0. The molecule has 0 bridgehead atoms. The van der Waals surface area contributed by atoms with E-state index in [0.717, 1.165) is 24.3 Å². The molecule has 0 atom stereocenters. The Bertz CT molecular complexity index is 2110. The maximum absolute atomic E-state index is 13.5. The number of aromatic nitrogens is 2. The number of hydrogen-bond acceptors (Lipinski definition) is 8. The summed E-state index contributed by atoms with van der Waals surface area (Å²) in [6.45, 7) is 1.11. The maximum atomic E-state index is 13.5. The van der Waals surface area contributed by atoms with Crippen molar-refractivity contribution in [3.8, 4) is 22.4 Å². The quantitative estimate of drug-likeness (QED) is 0.145. The summed E-state index contributed by atoms with van der Waals surface area (Å²) in [6.07, 6.45) is -2.85. The number of halogens is 3. The lowest BCUT2D eigenvalue weighted by Gasteiger charge is -2.34. The van der Waals surface area contributed by atoms with Crippen molar-refractivity contribution < 1.29 is 31.4 Å². The third-order valence-corrected chi connectivity index (χ3v) is 9.87. The van der Waals surface area contributed by atoms with Gasteiger partial charge < -0.3 is 4.40 Å². The molecule has 0 spiro atoms. The largest absolute Gasteiger partial charge is 0.416 e. The Balaban J connectivity index is 1.33. The predicted octanol–water partition coefficient (Wildman–Crippen LogP) is 6.01. The molecule has 0 saturated carbocycles. The van der Waals surface area contributed by atoms with Crippen LogP contribution in [0.25, 0.3) is 28.0 Å². The highest BCUT2D eigenvalue weighted by Crippen LogP contribution is 2.34. The van der Waals surface area contributed by atoms with E-state index in [-0.39, 0.29) is 35.9 Å². The highest BCUT2D eigenvalue weighted by atomic mass is 32.2. The minimum absolute atomic E-state index is 0.0617. The van der Waals surface area contributed by atoms with Crippen LogP contribution < -0.4 is 0 Å². The molecule has 0 aliphatic carbocycles. The number of imidazole rings is 1. The minimum atomic E-state index is -4.52. The first-order valence-corrected chi connectivity index (χ1v) is 15.7. The number of nitro groups is 2. The van der Waals surface area contributed by atoms with Gasteiger partial charge in [-0.15, -0.1) is 0 Å².